The first kappa shape index (κ1) is 16.0. The van der Waals surface area contributed by atoms with E-state index in [0.29, 0.717) is 0 Å². The third-order valence-corrected chi connectivity index (χ3v) is 0.0556. The Kier molecular flexibility index (Phi) is 47.3. The molecule has 0 spiro atoms. The van der Waals surface area contributed by atoms with Gasteiger partial charge in [0.25, 0.3) is 0 Å². The molecule has 0 saturated carbocycles. The van der Waals surface area contributed by atoms with E-state index in [2.05, 4.69) is 0 Å². The SMILES string of the molecule is [Li+].[Li+].[O-]/C=C/[O-]. The maximum atomic E-state index is 8.81. The fraction of sp³-hybridized carbons (Fsp3) is 0. The molecule has 0 aromatic heterocycles. The van der Waals surface area contributed by atoms with Crippen molar-refractivity contribution < 1.29 is 47.9 Å². The molecule has 0 aliphatic carbocycles. The molecule has 0 heterocycles. The Morgan fingerprint density at radius 2 is 1.00 bits per heavy atom. The van der Waals surface area contributed by atoms with Gasteiger partial charge in [-0.2, -0.15) is 12.5 Å². The molecular formula is C2H2Li2O2. The van der Waals surface area contributed by atoms with Crippen LogP contribution < -0.4 is 47.9 Å². The summed E-state index contributed by atoms with van der Waals surface area (Å²) >= 11 is 0. The van der Waals surface area contributed by atoms with Crippen LogP contribution in [0.1, 0.15) is 0 Å². The summed E-state index contributed by atoms with van der Waals surface area (Å²) in [5.41, 5.74) is 0. The third-order valence-electron chi connectivity index (χ3n) is 0.0556. The average molecular weight is 71.9 g/mol. The first-order chi connectivity index (χ1) is 1.91. The molecule has 0 N–H and O–H groups in total. The molecule has 0 atom stereocenters. The van der Waals surface area contributed by atoms with Crippen LogP contribution in [0.4, 0.5) is 0 Å². The predicted molar refractivity (Wildman–Crippen MR) is 9.14 cm³/mol. The molecule has 2 nitrogen and oxygen atoms in total. The van der Waals surface area contributed by atoms with E-state index < -0.39 is 0 Å². The van der Waals surface area contributed by atoms with Crippen LogP contribution in [0, 0.1) is 0 Å². The van der Waals surface area contributed by atoms with Crippen molar-refractivity contribution in [1.29, 1.82) is 0 Å². The fourth-order valence-corrected chi connectivity index (χ4v) is 0. The normalized spacial score (nSPS) is 6.00. The van der Waals surface area contributed by atoms with Gasteiger partial charge in [-0.15, -0.1) is 0 Å². The van der Waals surface area contributed by atoms with Gasteiger partial charge in [0.2, 0.25) is 0 Å². The van der Waals surface area contributed by atoms with E-state index in [4.69, 9.17) is 10.2 Å². The molecule has 4 heteroatoms. The summed E-state index contributed by atoms with van der Waals surface area (Å²) in [6.45, 7) is 0. The van der Waals surface area contributed by atoms with Gasteiger partial charge in [0, 0.05) is 0 Å². The van der Waals surface area contributed by atoms with Gasteiger partial charge in [0.1, 0.15) is 0 Å². The van der Waals surface area contributed by atoms with Crippen molar-refractivity contribution in [2.75, 3.05) is 0 Å². The fourth-order valence-electron chi connectivity index (χ4n) is 0. The molecule has 0 amide bonds. The minimum absolute atomic E-state index is 0. The molecule has 6 heavy (non-hydrogen) atoms. The van der Waals surface area contributed by atoms with Gasteiger partial charge in [0.15, 0.2) is 0 Å². The molecule has 0 aliphatic rings. The van der Waals surface area contributed by atoms with E-state index >= 15 is 0 Å². The summed E-state index contributed by atoms with van der Waals surface area (Å²) in [6, 6.07) is 0. The third kappa shape index (κ3) is 24.1. The van der Waals surface area contributed by atoms with Gasteiger partial charge < -0.3 is 10.2 Å². The van der Waals surface area contributed by atoms with Crippen molar-refractivity contribution in [3.63, 3.8) is 0 Å². The Hall–Kier alpha value is 0.535. The maximum absolute atomic E-state index is 8.81. The molecule has 0 radical (unpaired) electrons. The summed E-state index contributed by atoms with van der Waals surface area (Å²) in [7, 11) is 0. The summed E-state index contributed by atoms with van der Waals surface area (Å²) < 4.78 is 0. The van der Waals surface area contributed by atoms with Gasteiger partial charge in [0.05, 0.1) is 0 Å². The van der Waals surface area contributed by atoms with Crippen LogP contribution in [-0.2, 0) is 0 Å². The Balaban J connectivity index is -0.0000000450. The van der Waals surface area contributed by atoms with E-state index in [1.807, 2.05) is 0 Å². The topological polar surface area (TPSA) is 46.1 Å². The van der Waals surface area contributed by atoms with E-state index in [9.17, 15) is 0 Å². The molecule has 0 aromatic rings. The van der Waals surface area contributed by atoms with Crippen molar-refractivity contribution >= 4 is 0 Å². The summed E-state index contributed by atoms with van der Waals surface area (Å²) in [5.74, 6) is 0. The number of hydrogen-bond donors (Lipinski definition) is 0. The van der Waals surface area contributed by atoms with E-state index in [1.165, 1.54) is 0 Å². The Morgan fingerprint density at radius 1 is 0.833 bits per heavy atom. The molecule has 0 bridgehead atoms. The van der Waals surface area contributed by atoms with E-state index in [-0.39, 0.29) is 50.2 Å². The van der Waals surface area contributed by atoms with Gasteiger partial charge in [-0.3, -0.25) is 0 Å². The second kappa shape index (κ2) is 17.7. The average Bonchev–Trinajstić information content (AvgIpc) is 1.37. The van der Waals surface area contributed by atoms with Gasteiger partial charge >= 0.3 is 37.7 Å². The Bertz CT molecular complexity index is 24.7. The summed E-state index contributed by atoms with van der Waals surface area (Å²) in [5, 5.41) is 17.6. The van der Waals surface area contributed by atoms with Crippen LogP contribution in [0.15, 0.2) is 12.5 Å². The van der Waals surface area contributed by atoms with Crippen molar-refractivity contribution in [3.05, 3.63) is 12.5 Å². The van der Waals surface area contributed by atoms with Crippen LogP contribution in [-0.4, -0.2) is 0 Å². The molecule has 0 saturated heterocycles. The van der Waals surface area contributed by atoms with Crippen LogP contribution in [0.3, 0.4) is 0 Å². The second-order valence-electron chi connectivity index (χ2n) is 0.272. The van der Waals surface area contributed by atoms with Crippen molar-refractivity contribution in [2.24, 2.45) is 0 Å². The summed E-state index contributed by atoms with van der Waals surface area (Å²) in [4.78, 5) is 0. The monoisotopic (exact) mass is 72.0 g/mol. The van der Waals surface area contributed by atoms with E-state index in [0.717, 1.165) is 0 Å². The second-order valence-corrected chi connectivity index (χ2v) is 0.272. The minimum atomic E-state index is 0. The number of rotatable bonds is 0. The number of hydrogen-bond acceptors (Lipinski definition) is 2. The van der Waals surface area contributed by atoms with Gasteiger partial charge in [-0.05, 0) is 0 Å². The Morgan fingerprint density at radius 3 is 1.00 bits per heavy atom. The van der Waals surface area contributed by atoms with Gasteiger partial charge in [-0.1, -0.05) is 0 Å². The Labute approximate surface area is 60.6 Å². The van der Waals surface area contributed by atoms with Crippen molar-refractivity contribution in [1.82, 2.24) is 0 Å². The molecular weight excluding hydrogens is 69.9 g/mol. The van der Waals surface area contributed by atoms with Gasteiger partial charge in [-0.25, -0.2) is 0 Å². The van der Waals surface area contributed by atoms with E-state index in [1.54, 1.807) is 0 Å². The van der Waals surface area contributed by atoms with Crippen LogP contribution in [0.5, 0.6) is 0 Å². The van der Waals surface area contributed by atoms with Crippen LogP contribution in [0.2, 0.25) is 0 Å². The van der Waals surface area contributed by atoms with Crippen LogP contribution >= 0.6 is 0 Å². The predicted octanol–water partition coefficient (Wildman–Crippen LogP) is -7.81. The molecule has 0 unspecified atom stereocenters. The molecule has 0 rings (SSSR count). The molecule has 24 valence electrons. The zero-order valence-corrected chi connectivity index (χ0v) is 3.97. The smallest absolute Gasteiger partial charge is 0.879 e. The largest absolute Gasteiger partial charge is 1.00 e. The zero-order valence-electron chi connectivity index (χ0n) is 3.97. The first-order valence-corrected chi connectivity index (χ1v) is 0.805. The minimum Gasteiger partial charge on any atom is -0.879 e. The summed E-state index contributed by atoms with van der Waals surface area (Å²) in [6.07, 6.45) is 0.389. The van der Waals surface area contributed by atoms with Crippen molar-refractivity contribution in [2.45, 2.75) is 0 Å². The van der Waals surface area contributed by atoms with Crippen molar-refractivity contribution in [3.8, 4) is 0 Å². The maximum Gasteiger partial charge on any atom is 1.00 e. The standard InChI is InChI=1S/C2H4O2.2Li/c3-1-2-4;;/h1-4H;;/q;2*+1/p-2/b2-1+;;. The first-order valence-electron chi connectivity index (χ1n) is 0.805. The van der Waals surface area contributed by atoms with Crippen LogP contribution in [0.25, 0.3) is 0 Å². The molecule has 0 aromatic carbocycles. The molecule has 0 fully saturated rings. The quantitative estimate of drug-likeness (QED) is 0.211. The zero-order chi connectivity index (χ0) is 3.41. The molecule has 0 aliphatic heterocycles.